The molecule has 2 aromatic carbocycles. The first-order chi connectivity index (χ1) is 12.4. The normalized spacial score (nSPS) is 10.1. The van der Waals surface area contributed by atoms with Crippen molar-refractivity contribution in [3.63, 3.8) is 0 Å². The maximum atomic E-state index is 12.5. The van der Waals surface area contributed by atoms with Crippen molar-refractivity contribution >= 4 is 15.5 Å². The van der Waals surface area contributed by atoms with Gasteiger partial charge >= 0.3 is 0 Å². The molecule has 26 heavy (non-hydrogen) atoms. The third-order valence-corrected chi connectivity index (χ3v) is 5.25. The van der Waals surface area contributed by atoms with E-state index in [1.807, 2.05) is 6.92 Å². The minimum absolute atomic E-state index is 0.154. The highest BCUT2D eigenvalue weighted by atomic mass is 32.2. The van der Waals surface area contributed by atoms with Crippen LogP contribution in [0.25, 0.3) is 0 Å². The lowest BCUT2D eigenvalue weighted by Gasteiger charge is -2.08. The zero-order valence-corrected chi connectivity index (χ0v) is 14.7. The summed E-state index contributed by atoms with van der Waals surface area (Å²) >= 11 is 0. The van der Waals surface area contributed by atoms with Crippen LogP contribution in [0.15, 0.2) is 64.7 Å². The lowest BCUT2D eigenvalue weighted by atomic mass is 10.2. The van der Waals surface area contributed by atoms with Crippen LogP contribution in [0.4, 0.5) is 5.69 Å². The van der Waals surface area contributed by atoms with Gasteiger partial charge in [-0.3, -0.25) is 0 Å². The van der Waals surface area contributed by atoms with Crippen molar-refractivity contribution in [2.45, 2.75) is 17.6 Å². The second kappa shape index (κ2) is 7.98. The number of nitrogens with zero attached hydrogens (tertiary/aromatic N) is 3. The molecule has 0 fully saturated rings. The summed E-state index contributed by atoms with van der Waals surface area (Å²) in [5, 5.41) is 29.3. The van der Waals surface area contributed by atoms with Crippen LogP contribution in [-0.4, -0.2) is 8.42 Å². The van der Waals surface area contributed by atoms with Crippen LogP contribution in [0.1, 0.15) is 11.1 Å². The van der Waals surface area contributed by atoms with Gasteiger partial charge in [0, 0.05) is 5.69 Å². The van der Waals surface area contributed by atoms with Crippen molar-refractivity contribution in [2.75, 3.05) is 5.32 Å². The minimum Gasteiger partial charge on any atom is -0.345 e. The average molecular weight is 362 g/mol. The van der Waals surface area contributed by atoms with Crippen LogP contribution in [0.2, 0.25) is 0 Å². The molecule has 0 spiro atoms. The first-order valence-electron chi connectivity index (χ1n) is 7.49. The fourth-order valence-corrected chi connectivity index (χ4v) is 3.51. The summed E-state index contributed by atoms with van der Waals surface area (Å²) in [6.45, 7) is 1.89. The van der Waals surface area contributed by atoms with E-state index >= 15 is 0 Å². The van der Waals surface area contributed by atoms with Crippen molar-refractivity contribution in [1.82, 2.24) is 0 Å². The van der Waals surface area contributed by atoms with Crippen LogP contribution >= 0.6 is 0 Å². The molecule has 0 saturated heterocycles. The van der Waals surface area contributed by atoms with Crippen LogP contribution in [0.5, 0.6) is 0 Å². The molecular formula is C19H14N4O2S. The summed E-state index contributed by atoms with van der Waals surface area (Å²) in [5.41, 5.74) is 1.56. The maximum absolute atomic E-state index is 12.5. The van der Waals surface area contributed by atoms with Crippen molar-refractivity contribution in [2.24, 2.45) is 0 Å². The van der Waals surface area contributed by atoms with Gasteiger partial charge in [-0.05, 0) is 36.8 Å². The molecule has 2 aromatic rings. The minimum atomic E-state index is -3.46. The molecular weight excluding hydrogens is 348 g/mol. The summed E-state index contributed by atoms with van der Waals surface area (Å²) in [6.07, 6.45) is 0. The number of aryl methyl sites for hydroxylation is 1. The largest absolute Gasteiger partial charge is 0.345 e. The number of allylic oxidation sites excluding steroid dienone is 2. The first kappa shape index (κ1) is 18.7. The molecule has 1 N–H and O–H groups in total. The van der Waals surface area contributed by atoms with E-state index in [2.05, 4.69) is 5.32 Å². The summed E-state index contributed by atoms with van der Waals surface area (Å²) in [5.74, 6) is -0.154. The number of sulfone groups is 1. The Morgan fingerprint density at radius 2 is 1.50 bits per heavy atom. The zero-order chi connectivity index (χ0) is 19.2. The number of hydrogen-bond acceptors (Lipinski definition) is 6. The molecule has 0 heterocycles. The van der Waals surface area contributed by atoms with Crippen LogP contribution in [0, 0.1) is 40.9 Å². The third-order valence-electron chi connectivity index (χ3n) is 3.55. The van der Waals surface area contributed by atoms with E-state index in [4.69, 9.17) is 15.8 Å². The van der Waals surface area contributed by atoms with Crippen molar-refractivity contribution < 1.29 is 8.42 Å². The number of nitrogens with one attached hydrogen (secondary N) is 1. The highest BCUT2D eigenvalue weighted by Crippen LogP contribution is 2.19. The molecule has 0 bridgehead atoms. The Morgan fingerprint density at radius 1 is 0.923 bits per heavy atom. The third kappa shape index (κ3) is 4.48. The Morgan fingerprint density at radius 3 is 2.00 bits per heavy atom. The van der Waals surface area contributed by atoms with Gasteiger partial charge < -0.3 is 5.32 Å². The topological polar surface area (TPSA) is 118 Å². The summed E-state index contributed by atoms with van der Waals surface area (Å²) in [7, 11) is -3.46. The molecule has 6 nitrogen and oxygen atoms in total. The van der Waals surface area contributed by atoms with Gasteiger partial charge in [-0.15, -0.1) is 0 Å². The predicted octanol–water partition coefficient (Wildman–Crippen LogP) is 3.21. The number of benzene rings is 2. The second-order valence-corrected chi connectivity index (χ2v) is 7.47. The highest BCUT2D eigenvalue weighted by molar-refractivity contribution is 7.90. The molecule has 2 rings (SSSR count). The SMILES string of the molecule is Cc1ccc(S(=O)(=O)Cc2ccc(NC(C#N)=C(C#N)C#N)cc2)cc1. The van der Waals surface area contributed by atoms with Gasteiger partial charge in [-0.1, -0.05) is 29.8 Å². The molecule has 0 radical (unpaired) electrons. The molecule has 0 aliphatic carbocycles. The smallest absolute Gasteiger partial charge is 0.182 e. The van der Waals surface area contributed by atoms with Gasteiger partial charge in [0.05, 0.1) is 10.6 Å². The fourth-order valence-electron chi connectivity index (χ4n) is 2.16. The number of hydrogen-bond donors (Lipinski definition) is 1. The quantitative estimate of drug-likeness (QED) is 0.816. The molecule has 0 aliphatic heterocycles. The Kier molecular flexibility index (Phi) is 5.75. The van der Waals surface area contributed by atoms with Gasteiger partial charge in [0.1, 0.15) is 23.9 Å². The lowest BCUT2D eigenvalue weighted by Crippen LogP contribution is -2.05. The Bertz CT molecular complexity index is 1050. The first-order valence-corrected chi connectivity index (χ1v) is 9.15. The van der Waals surface area contributed by atoms with Crippen molar-refractivity contribution in [3.05, 3.63) is 70.9 Å². The van der Waals surface area contributed by atoms with Crippen LogP contribution in [0.3, 0.4) is 0 Å². The highest BCUT2D eigenvalue weighted by Gasteiger charge is 2.15. The summed E-state index contributed by atoms with van der Waals surface area (Å²) < 4.78 is 24.9. The monoisotopic (exact) mass is 362 g/mol. The van der Waals surface area contributed by atoms with E-state index in [9.17, 15) is 8.42 Å². The average Bonchev–Trinajstić information content (AvgIpc) is 2.63. The summed E-state index contributed by atoms with van der Waals surface area (Å²) in [6, 6.07) is 18.1. The molecule has 0 atom stereocenters. The van der Waals surface area contributed by atoms with Crippen LogP contribution in [-0.2, 0) is 15.6 Å². The van der Waals surface area contributed by atoms with E-state index in [0.717, 1.165) is 5.56 Å². The van der Waals surface area contributed by atoms with E-state index in [1.54, 1.807) is 66.7 Å². The molecule has 128 valence electrons. The lowest BCUT2D eigenvalue weighted by molar-refractivity contribution is 0.595. The maximum Gasteiger partial charge on any atom is 0.182 e. The predicted molar refractivity (Wildman–Crippen MR) is 96.0 cm³/mol. The van der Waals surface area contributed by atoms with Gasteiger partial charge in [0.2, 0.25) is 0 Å². The van der Waals surface area contributed by atoms with E-state index in [1.165, 1.54) is 0 Å². The molecule has 0 saturated carbocycles. The second-order valence-electron chi connectivity index (χ2n) is 5.48. The Labute approximate surface area is 152 Å². The van der Waals surface area contributed by atoms with E-state index in [0.29, 0.717) is 11.3 Å². The Balaban J connectivity index is 2.19. The molecule has 7 heteroatoms. The van der Waals surface area contributed by atoms with E-state index < -0.39 is 9.84 Å². The van der Waals surface area contributed by atoms with Gasteiger partial charge in [0.25, 0.3) is 0 Å². The standard InChI is InChI=1S/C19H14N4O2S/c1-14-2-8-18(9-3-14)26(24,25)13-15-4-6-17(7-5-15)23-19(12-22)16(10-20)11-21/h2-9,23H,13H2,1H3. The number of nitriles is 3. The van der Waals surface area contributed by atoms with Gasteiger partial charge in [-0.2, -0.15) is 15.8 Å². The zero-order valence-electron chi connectivity index (χ0n) is 13.9. The fraction of sp³-hybridized carbons (Fsp3) is 0.105. The van der Waals surface area contributed by atoms with Crippen molar-refractivity contribution in [3.8, 4) is 18.2 Å². The van der Waals surface area contributed by atoms with Gasteiger partial charge in [0.15, 0.2) is 15.4 Å². The molecule has 0 aliphatic rings. The van der Waals surface area contributed by atoms with Crippen LogP contribution < -0.4 is 5.32 Å². The Hall–Kier alpha value is -3.60. The van der Waals surface area contributed by atoms with Crippen molar-refractivity contribution in [1.29, 1.82) is 15.8 Å². The molecule has 0 amide bonds. The molecule has 0 unspecified atom stereocenters. The molecule has 0 aromatic heterocycles. The summed E-state index contributed by atoms with van der Waals surface area (Å²) in [4.78, 5) is 0.257. The number of anilines is 1. The number of rotatable bonds is 5. The van der Waals surface area contributed by atoms with E-state index in [-0.39, 0.29) is 21.9 Å². The van der Waals surface area contributed by atoms with Gasteiger partial charge in [-0.25, -0.2) is 8.42 Å².